The first-order chi connectivity index (χ1) is 27.7. The molecule has 9 nitrogen and oxygen atoms in total. The number of hydrogen-bond acceptors (Lipinski definition) is 6. The Bertz CT molecular complexity index is 1980. The topological polar surface area (TPSA) is 122 Å². The molecule has 6 fully saturated rings. The molecule has 0 bridgehead atoms. The number of carbonyl (C=O) groups excluding carboxylic acids is 2. The van der Waals surface area contributed by atoms with Crippen molar-refractivity contribution in [3.8, 4) is 17.0 Å². The summed E-state index contributed by atoms with van der Waals surface area (Å²) >= 11 is 0. The fourth-order valence-electron chi connectivity index (χ4n) is 15.3. The van der Waals surface area contributed by atoms with Gasteiger partial charge in [0.2, 0.25) is 5.91 Å². The lowest BCUT2D eigenvalue weighted by atomic mass is 9.32. The van der Waals surface area contributed by atoms with Crippen molar-refractivity contribution in [2.24, 2.45) is 62.1 Å². The van der Waals surface area contributed by atoms with Crippen molar-refractivity contribution >= 4 is 17.8 Å². The van der Waals surface area contributed by atoms with Gasteiger partial charge in [0.25, 0.3) is 0 Å². The van der Waals surface area contributed by atoms with Gasteiger partial charge in [0, 0.05) is 12.0 Å². The second-order valence-corrected chi connectivity index (χ2v) is 22.1. The van der Waals surface area contributed by atoms with Crippen molar-refractivity contribution in [2.75, 3.05) is 13.7 Å². The molecule has 9 heteroatoms. The number of rotatable bonds is 9. The molecule has 2 heterocycles. The number of fused-ring (bicyclic) bond motifs is 7. The summed E-state index contributed by atoms with van der Waals surface area (Å²) in [6.45, 7) is 23.2. The number of amides is 1. The number of H-pyrrole nitrogens is 1. The maximum Gasteiger partial charge on any atom is 0.309 e. The molecule has 8 rings (SSSR count). The number of hydrogen-bond donors (Lipinski definition) is 2. The lowest BCUT2D eigenvalue weighted by Gasteiger charge is -2.73. The van der Waals surface area contributed by atoms with Gasteiger partial charge >= 0.3 is 11.9 Å². The molecule has 0 unspecified atom stereocenters. The van der Waals surface area contributed by atoms with E-state index in [9.17, 15) is 14.7 Å². The number of imidazole rings is 1. The van der Waals surface area contributed by atoms with Gasteiger partial charge in [-0.3, -0.25) is 14.4 Å². The highest BCUT2D eigenvalue weighted by atomic mass is 16.5. The van der Waals surface area contributed by atoms with Crippen molar-refractivity contribution in [1.29, 1.82) is 0 Å². The fraction of sp³-hybridized carbons (Fsp3) is 0.720. The lowest BCUT2D eigenvalue weighted by Crippen LogP contribution is -2.67. The molecule has 59 heavy (non-hydrogen) atoms. The van der Waals surface area contributed by atoms with Gasteiger partial charge in [-0.15, -0.1) is 0 Å². The molecule has 6 aliphatic rings. The first-order valence-electron chi connectivity index (χ1n) is 22.8. The predicted molar refractivity (Wildman–Crippen MR) is 229 cm³/mol. The number of methoxy groups -OCH3 is 1. The molecule has 1 saturated heterocycles. The number of carboxylic acid groups (broad SMARTS) is 1. The van der Waals surface area contributed by atoms with E-state index in [1.807, 2.05) is 30.5 Å². The van der Waals surface area contributed by atoms with Gasteiger partial charge in [-0.25, -0.2) is 4.98 Å². The van der Waals surface area contributed by atoms with Crippen LogP contribution in [0, 0.1) is 62.1 Å². The highest BCUT2D eigenvalue weighted by Gasteiger charge is 2.72. The first kappa shape index (κ1) is 42.1. The normalized spacial score (nSPS) is 38.7. The number of likely N-dealkylation sites (tertiary alicyclic amines) is 1. The van der Waals surface area contributed by atoms with Crippen LogP contribution in [0.2, 0.25) is 0 Å². The molecule has 0 spiro atoms. The van der Waals surface area contributed by atoms with Crippen LogP contribution in [0.3, 0.4) is 0 Å². The van der Waals surface area contributed by atoms with E-state index in [1.54, 1.807) is 21.0 Å². The number of aliphatic carboxylic acids is 1. The zero-order valence-electron chi connectivity index (χ0n) is 37.4. The van der Waals surface area contributed by atoms with Crippen LogP contribution < -0.4 is 4.74 Å². The van der Waals surface area contributed by atoms with Gasteiger partial charge in [-0.2, -0.15) is 0 Å². The number of allylic oxidation sites excluding steroid dienone is 1. The summed E-state index contributed by atoms with van der Waals surface area (Å²) in [6, 6.07) is 7.98. The number of carboxylic acids is 1. The summed E-state index contributed by atoms with van der Waals surface area (Å²) in [4.78, 5) is 51.3. The van der Waals surface area contributed by atoms with Crippen LogP contribution in [0.15, 0.2) is 42.6 Å². The van der Waals surface area contributed by atoms with Gasteiger partial charge in [0.15, 0.2) is 0 Å². The minimum Gasteiger partial charge on any atom is -0.497 e. The van der Waals surface area contributed by atoms with Gasteiger partial charge in [0.05, 0.1) is 42.3 Å². The number of carbonyl (C=O) groups is 3. The smallest absolute Gasteiger partial charge is 0.309 e. The van der Waals surface area contributed by atoms with Crippen LogP contribution in [0.1, 0.15) is 151 Å². The predicted octanol–water partition coefficient (Wildman–Crippen LogP) is 10.8. The highest BCUT2D eigenvalue weighted by Crippen LogP contribution is 2.78. The van der Waals surface area contributed by atoms with E-state index >= 15 is 4.79 Å². The molecule has 1 aromatic heterocycles. The molecule has 2 aromatic rings. The number of aromatic amines is 1. The molecular weight excluding hydrogens is 739 g/mol. The number of ether oxygens (including phenoxy) is 2. The molecule has 1 aliphatic heterocycles. The van der Waals surface area contributed by atoms with E-state index in [2.05, 4.69) is 58.0 Å². The SMILES string of the molecule is C=C(C)[C@@H]1CC[C@]2(C(=O)N3CCC[C@H]3c3ncc(-c4ccc(OC)cc4)[nH]3)CC[C@]3(C)[C@H](CC[C@@H]4[C@@]5(C)CC[C@H](OC(=O)CC(C)(C)C(=O)O)C(C)(C)[C@@H]5CC[C@]43C)[C@@H]12. The van der Waals surface area contributed by atoms with Gasteiger partial charge in [-0.05, 0) is 173 Å². The van der Waals surface area contributed by atoms with Crippen molar-refractivity contribution in [1.82, 2.24) is 14.9 Å². The molecular formula is C50H71N3O6. The van der Waals surface area contributed by atoms with E-state index in [0.717, 1.165) is 106 Å². The number of nitrogens with zero attached hydrogens (tertiary/aromatic N) is 2. The van der Waals surface area contributed by atoms with E-state index in [-0.39, 0.29) is 51.6 Å². The third-order valence-corrected chi connectivity index (χ3v) is 18.7. The maximum atomic E-state index is 15.5. The van der Waals surface area contributed by atoms with Crippen molar-refractivity contribution < 1.29 is 29.0 Å². The van der Waals surface area contributed by atoms with E-state index < -0.39 is 17.4 Å². The maximum absolute atomic E-state index is 15.5. The lowest BCUT2D eigenvalue weighted by molar-refractivity contribution is -0.250. The Labute approximate surface area is 352 Å². The Hall–Kier alpha value is -3.62. The van der Waals surface area contributed by atoms with Gasteiger partial charge < -0.3 is 24.5 Å². The number of benzene rings is 1. The number of nitrogens with one attached hydrogen (secondary N) is 1. The van der Waals surface area contributed by atoms with Crippen LogP contribution in [-0.2, 0) is 19.1 Å². The molecule has 11 atom stereocenters. The standard InChI is InChI=1S/C50H71N3O6/c1-30(2)33-19-24-50(43(55)53-27-11-12-36(53)42-51-29-35(52-42)31-13-15-32(58-10)16-14-31)26-25-48(8)34(41(33)50)17-18-38-47(7)22-21-39(59-40(54)28-45(3,4)44(56)57)46(5,6)37(47)20-23-49(38,48)9/h13-16,29,33-34,36-39,41H,1,11-12,17-28H2,2-10H3,(H,51,52)(H,56,57)/t33-,34+,36-,37-,38+,39-,41+,47-,48+,49+,50-/m0/s1. The fourth-order valence-corrected chi connectivity index (χ4v) is 15.3. The van der Waals surface area contributed by atoms with Crippen LogP contribution >= 0.6 is 0 Å². The van der Waals surface area contributed by atoms with Crippen molar-refractivity contribution in [2.45, 2.75) is 151 Å². The Morgan fingerprint density at radius 1 is 0.915 bits per heavy atom. The Morgan fingerprint density at radius 3 is 2.32 bits per heavy atom. The summed E-state index contributed by atoms with van der Waals surface area (Å²) in [5.41, 5.74) is 1.78. The molecule has 0 radical (unpaired) electrons. The third kappa shape index (κ3) is 6.34. The van der Waals surface area contributed by atoms with Gasteiger partial charge in [0.1, 0.15) is 17.7 Å². The summed E-state index contributed by atoms with van der Waals surface area (Å²) in [5, 5.41) is 9.67. The van der Waals surface area contributed by atoms with Crippen LogP contribution in [0.4, 0.5) is 0 Å². The minimum absolute atomic E-state index is 0.0494. The van der Waals surface area contributed by atoms with E-state index in [0.29, 0.717) is 29.6 Å². The number of esters is 1. The molecule has 1 aromatic carbocycles. The Kier molecular flexibility index (Phi) is 10.3. The quantitative estimate of drug-likeness (QED) is 0.191. The van der Waals surface area contributed by atoms with Crippen molar-refractivity contribution in [3.63, 3.8) is 0 Å². The van der Waals surface area contributed by atoms with Crippen molar-refractivity contribution in [3.05, 3.63) is 48.4 Å². The highest BCUT2D eigenvalue weighted by molar-refractivity contribution is 5.85. The zero-order chi connectivity index (χ0) is 42.5. The largest absolute Gasteiger partial charge is 0.497 e. The van der Waals surface area contributed by atoms with Gasteiger partial charge in [-0.1, -0.05) is 46.8 Å². The molecule has 5 saturated carbocycles. The molecule has 1 amide bonds. The second-order valence-electron chi connectivity index (χ2n) is 22.1. The molecule has 322 valence electrons. The second kappa shape index (κ2) is 14.5. The Morgan fingerprint density at radius 2 is 1.64 bits per heavy atom. The monoisotopic (exact) mass is 810 g/mol. The first-order valence-corrected chi connectivity index (χ1v) is 22.8. The molecule has 2 N–H and O–H groups in total. The minimum atomic E-state index is -1.16. The van der Waals surface area contributed by atoms with Crippen LogP contribution in [-0.4, -0.2) is 57.6 Å². The summed E-state index contributed by atoms with van der Waals surface area (Å²) < 4.78 is 11.6. The van der Waals surface area contributed by atoms with E-state index in [4.69, 9.17) is 14.5 Å². The van der Waals surface area contributed by atoms with Crippen LogP contribution in [0.25, 0.3) is 11.3 Å². The molecule has 5 aliphatic carbocycles. The zero-order valence-corrected chi connectivity index (χ0v) is 37.4. The van der Waals surface area contributed by atoms with Crippen LogP contribution in [0.5, 0.6) is 5.75 Å². The average Bonchev–Trinajstić information content (AvgIpc) is 3.95. The third-order valence-electron chi connectivity index (χ3n) is 18.7. The number of aromatic nitrogens is 2. The summed E-state index contributed by atoms with van der Waals surface area (Å²) in [7, 11) is 1.68. The summed E-state index contributed by atoms with van der Waals surface area (Å²) in [6.07, 6.45) is 13.8. The van der Waals surface area contributed by atoms with E-state index in [1.165, 1.54) is 5.57 Å². The Balaban J connectivity index is 1.05. The average molecular weight is 810 g/mol. The summed E-state index contributed by atoms with van der Waals surface area (Å²) in [5.74, 6) is 2.69.